The summed E-state index contributed by atoms with van der Waals surface area (Å²) >= 11 is 1.57. The molecule has 0 fully saturated rings. The molecule has 3 nitrogen and oxygen atoms in total. The van der Waals surface area contributed by atoms with Crippen LogP contribution in [0.15, 0.2) is 34.4 Å². The monoisotopic (exact) mass is 302 g/mol. The van der Waals surface area contributed by atoms with Crippen molar-refractivity contribution in [3.8, 4) is 0 Å². The maximum Gasteiger partial charge on any atom is 0.188 e. The third kappa shape index (κ3) is 3.97. The van der Waals surface area contributed by atoms with E-state index in [1.165, 1.54) is 5.56 Å². The molecule has 0 N–H and O–H groups in total. The van der Waals surface area contributed by atoms with Crippen LogP contribution in [-0.4, -0.2) is 22.4 Å². The molecule has 0 saturated carbocycles. The van der Waals surface area contributed by atoms with Crippen molar-refractivity contribution in [2.24, 2.45) is 5.10 Å². The van der Waals surface area contributed by atoms with Crippen LogP contribution in [0, 0.1) is 13.8 Å². The average Bonchev–Trinajstić information content (AvgIpc) is 2.79. The molecule has 4 heteroatoms. The van der Waals surface area contributed by atoms with Crippen LogP contribution in [0.3, 0.4) is 0 Å². The van der Waals surface area contributed by atoms with Crippen molar-refractivity contribution in [3.05, 3.63) is 46.0 Å². The van der Waals surface area contributed by atoms with Crippen LogP contribution in [0.5, 0.6) is 0 Å². The lowest BCUT2D eigenvalue weighted by molar-refractivity contribution is 0.104. The lowest BCUT2D eigenvalue weighted by atomic mass is 10.0. The van der Waals surface area contributed by atoms with Gasteiger partial charge in [0.25, 0.3) is 0 Å². The Labute approximate surface area is 131 Å². The Bertz CT molecular complexity index is 605. The van der Waals surface area contributed by atoms with Gasteiger partial charge in [-0.1, -0.05) is 37.2 Å². The van der Waals surface area contributed by atoms with Crippen LogP contribution >= 0.6 is 11.8 Å². The molecule has 1 aromatic carbocycles. The van der Waals surface area contributed by atoms with Crippen molar-refractivity contribution in [1.82, 2.24) is 5.01 Å². The molecule has 0 atom stereocenters. The van der Waals surface area contributed by atoms with E-state index >= 15 is 0 Å². The molecule has 0 bridgehead atoms. The van der Waals surface area contributed by atoms with Gasteiger partial charge >= 0.3 is 0 Å². The van der Waals surface area contributed by atoms with E-state index < -0.39 is 0 Å². The van der Waals surface area contributed by atoms with Gasteiger partial charge in [0, 0.05) is 18.2 Å². The molecule has 0 amide bonds. The van der Waals surface area contributed by atoms with Crippen molar-refractivity contribution in [1.29, 1.82) is 0 Å². The molecule has 1 aliphatic rings. The first-order valence-electron chi connectivity index (χ1n) is 7.35. The minimum Gasteiger partial charge on any atom is -0.289 e. The number of rotatable bonds is 5. The van der Waals surface area contributed by atoms with E-state index in [1.807, 2.05) is 37.1 Å². The number of hydrogen-bond donors (Lipinski definition) is 0. The molecule has 0 saturated heterocycles. The van der Waals surface area contributed by atoms with Crippen LogP contribution in [0.4, 0.5) is 0 Å². The second kappa shape index (κ2) is 6.94. The van der Waals surface area contributed by atoms with Gasteiger partial charge in [-0.05, 0) is 44.4 Å². The third-order valence-electron chi connectivity index (χ3n) is 3.54. The number of hydrazone groups is 1. The average molecular weight is 302 g/mol. The van der Waals surface area contributed by atoms with Gasteiger partial charge in [-0.3, -0.25) is 9.80 Å². The lowest BCUT2D eigenvalue weighted by Gasteiger charge is -2.14. The van der Waals surface area contributed by atoms with Gasteiger partial charge in [0.15, 0.2) is 5.78 Å². The first-order valence-corrected chi connectivity index (χ1v) is 8.16. The highest BCUT2D eigenvalue weighted by atomic mass is 32.2. The molecule has 0 aliphatic carbocycles. The van der Waals surface area contributed by atoms with Crippen molar-refractivity contribution in [2.75, 3.05) is 6.54 Å². The molecule has 1 heterocycles. The van der Waals surface area contributed by atoms with Gasteiger partial charge in [0.05, 0.1) is 5.04 Å². The molecule has 0 spiro atoms. The zero-order chi connectivity index (χ0) is 15.4. The standard InChI is InChI=1S/C17H22N2OS/c1-5-6-9-19-17(21-14(4)18-19)11-16(20)15-8-7-12(2)13(3)10-15/h7-8,10-11H,5-6,9H2,1-4H3. The molecule has 0 aromatic heterocycles. The smallest absolute Gasteiger partial charge is 0.188 e. The van der Waals surface area contributed by atoms with Crippen molar-refractivity contribution < 1.29 is 4.79 Å². The van der Waals surface area contributed by atoms with Crippen LogP contribution in [-0.2, 0) is 0 Å². The van der Waals surface area contributed by atoms with E-state index in [9.17, 15) is 4.79 Å². The fourth-order valence-electron chi connectivity index (χ4n) is 2.11. The highest BCUT2D eigenvalue weighted by molar-refractivity contribution is 8.17. The molecular formula is C17H22N2OS. The lowest BCUT2D eigenvalue weighted by Crippen LogP contribution is -2.14. The summed E-state index contributed by atoms with van der Waals surface area (Å²) < 4.78 is 0. The summed E-state index contributed by atoms with van der Waals surface area (Å²) in [7, 11) is 0. The quantitative estimate of drug-likeness (QED) is 0.592. The number of carbonyl (C=O) groups excluding carboxylic acids is 1. The van der Waals surface area contributed by atoms with Gasteiger partial charge < -0.3 is 0 Å². The van der Waals surface area contributed by atoms with E-state index in [0.29, 0.717) is 0 Å². The van der Waals surface area contributed by atoms with Crippen molar-refractivity contribution in [2.45, 2.75) is 40.5 Å². The predicted octanol–water partition coefficient (Wildman–Crippen LogP) is 4.51. The molecule has 0 radical (unpaired) electrons. The predicted molar refractivity (Wildman–Crippen MR) is 90.6 cm³/mol. The Morgan fingerprint density at radius 1 is 1.29 bits per heavy atom. The summed E-state index contributed by atoms with van der Waals surface area (Å²) in [6.07, 6.45) is 3.91. The van der Waals surface area contributed by atoms with E-state index in [-0.39, 0.29) is 5.78 Å². The van der Waals surface area contributed by atoms with Gasteiger partial charge in [-0.15, -0.1) is 0 Å². The number of nitrogens with zero attached hydrogens (tertiary/aromatic N) is 2. The van der Waals surface area contributed by atoms with E-state index in [1.54, 1.807) is 17.8 Å². The van der Waals surface area contributed by atoms with Crippen LogP contribution in [0.25, 0.3) is 0 Å². The number of unbranched alkanes of at least 4 members (excludes halogenated alkanes) is 1. The molecule has 21 heavy (non-hydrogen) atoms. The number of ketones is 1. The third-order valence-corrected chi connectivity index (χ3v) is 4.45. The van der Waals surface area contributed by atoms with E-state index in [4.69, 9.17) is 0 Å². The van der Waals surface area contributed by atoms with Crippen LogP contribution in [0.2, 0.25) is 0 Å². The Kier molecular flexibility index (Phi) is 5.23. The molecule has 1 aromatic rings. The largest absolute Gasteiger partial charge is 0.289 e. The summed E-state index contributed by atoms with van der Waals surface area (Å²) in [5, 5.41) is 8.35. The van der Waals surface area contributed by atoms with Crippen molar-refractivity contribution in [3.63, 3.8) is 0 Å². The molecule has 2 rings (SSSR count). The van der Waals surface area contributed by atoms with E-state index in [0.717, 1.165) is 40.6 Å². The topological polar surface area (TPSA) is 32.7 Å². The summed E-state index contributed by atoms with van der Waals surface area (Å²) in [5.41, 5.74) is 3.10. The summed E-state index contributed by atoms with van der Waals surface area (Å²) in [5.74, 6) is 0.0481. The van der Waals surface area contributed by atoms with Gasteiger partial charge in [-0.2, -0.15) is 5.10 Å². The van der Waals surface area contributed by atoms with Gasteiger partial charge in [-0.25, -0.2) is 0 Å². The number of benzene rings is 1. The van der Waals surface area contributed by atoms with Gasteiger partial charge in [0.1, 0.15) is 5.03 Å². The molecule has 0 unspecified atom stereocenters. The van der Waals surface area contributed by atoms with Crippen LogP contribution in [0.1, 0.15) is 48.2 Å². The molecule has 1 aliphatic heterocycles. The number of thioether (sulfide) groups is 1. The second-order valence-corrected chi connectivity index (χ2v) is 6.56. The first-order chi connectivity index (χ1) is 10.0. The van der Waals surface area contributed by atoms with E-state index in [2.05, 4.69) is 18.9 Å². The van der Waals surface area contributed by atoms with Crippen molar-refractivity contribution >= 4 is 22.6 Å². The SMILES string of the molecule is CCCCN1N=C(C)SC1=CC(=O)c1ccc(C)c(C)c1. The Balaban J connectivity index is 2.17. The highest BCUT2D eigenvalue weighted by Gasteiger charge is 2.19. The Morgan fingerprint density at radius 2 is 2.05 bits per heavy atom. The number of allylic oxidation sites excluding steroid dienone is 1. The maximum atomic E-state index is 12.4. The maximum absolute atomic E-state index is 12.4. The fraction of sp³-hybridized carbons (Fsp3) is 0.412. The summed E-state index contributed by atoms with van der Waals surface area (Å²) in [6.45, 7) is 9.09. The second-order valence-electron chi connectivity index (χ2n) is 5.34. The summed E-state index contributed by atoms with van der Waals surface area (Å²) in [6, 6.07) is 5.85. The highest BCUT2D eigenvalue weighted by Crippen LogP contribution is 2.30. The molecule has 112 valence electrons. The number of hydrogen-bond acceptors (Lipinski definition) is 4. The normalized spacial score (nSPS) is 16.5. The fourth-order valence-corrected chi connectivity index (χ4v) is 2.95. The minimum absolute atomic E-state index is 0.0481. The zero-order valence-corrected chi connectivity index (χ0v) is 14.0. The Morgan fingerprint density at radius 3 is 2.71 bits per heavy atom. The van der Waals surface area contributed by atoms with Crippen LogP contribution < -0.4 is 0 Å². The number of carbonyl (C=O) groups is 1. The first kappa shape index (κ1) is 15.8. The minimum atomic E-state index is 0.0481. The summed E-state index contributed by atoms with van der Waals surface area (Å²) in [4.78, 5) is 12.4. The number of aryl methyl sites for hydroxylation is 2. The molecular weight excluding hydrogens is 280 g/mol. The Hall–Kier alpha value is -1.55. The van der Waals surface area contributed by atoms with Gasteiger partial charge in [0.2, 0.25) is 0 Å². The zero-order valence-electron chi connectivity index (χ0n) is 13.1.